The van der Waals surface area contributed by atoms with Gasteiger partial charge in [-0.1, -0.05) is 36.0 Å². The average molecular weight is 390 g/mol. The van der Waals surface area contributed by atoms with E-state index in [0.29, 0.717) is 5.82 Å². The van der Waals surface area contributed by atoms with E-state index in [1.165, 1.54) is 18.1 Å². The van der Waals surface area contributed by atoms with E-state index >= 15 is 0 Å². The van der Waals surface area contributed by atoms with Crippen molar-refractivity contribution in [3.8, 4) is 0 Å². The molecular formula is C19H14N6O2S. The van der Waals surface area contributed by atoms with Crippen LogP contribution in [-0.4, -0.2) is 24.9 Å². The van der Waals surface area contributed by atoms with Gasteiger partial charge in [-0.25, -0.2) is 15.0 Å². The number of aromatic nitrogens is 4. The van der Waals surface area contributed by atoms with Gasteiger partial charge in [-0.2, -0.15) is 0 Å². The Hall–Kier alpha value is -3.59. The number of rotatable bonds is 5. The molecule has 0 radical (unpaired) electrons. The van der Waals surface area contributed by atoms with E-state index in [9.17, 15) is 10.1 Å². The van der Waals surface area contributed by atoms with Crippen molar-refractivity contribution in [1.29, 1.82) is 0 Å². The summed E-state index contributed by atoms with van der Waals surface area (Å²) in [6.45, 7) is 1.84. The summed E-state index contributed by atoms with van der Waals surface area (Å²) in [5.74, 6) is 0.568. The fourth-order valence-electron chi connectivity index (χ4n) is 2.69. The lowest BCUT2D eigenvalue weighted by Crippen LogP contribution is -2.04. The predicted octanol–water partition coefficient (Wildman–Crippen LogP) is 4.53. The standard InChI is InChI=1S/C19H14N6O2S/c1-12-5-2-9-15(23-12)24-18-17(25(26)27)19(22-11-21-18)28-14-8-3-6-13-7-4-10-20-16(13)14/h2-11H,1H3,(H,21,22,23,24). The van der Waals surface area contributed by atoms with Gasteiger partial charge in [0.2, 0.25) is 5.82 Å². The zero-order valence-electron chi connectivity index (χ0n) is 14.7. The first-order valence-corrected chi connectivity index (χ1v) is 9.15. The van der Waals surface area contributed by atoms with E-state index < -0.39 is 4.92 Å². The molecule has 3 aromatic heterocycles. The molecule has 8 nitrogen and oxygen atoms in total. The minimum atomic E-state index is -0.487. The molecule has 0 atom stereocenters. The summed E-state index contributed by atoms with van der Waals surface area (Å²) in [6.07, 6.45) is 2.99. The largest absolute Gasteiger partial charge is 0.344 e. The topological polar surface area (TPSA) is 107 Å². The van der Waals surface area contributed by atoms with Gasteiger partial charge in [0.05, 0.1) is 10.4 Å². The van der Waals surface area contributed by atoms with Gasteiger partial charge in [0.1, 0.15) is 12.1 Å². The molecule has 0 aliphatic heterocycles. The SMILES string of the molecule is Cc1cccc(Nc2ncnc(Sc3cccc4cccnc34)c2[N+](=O)[O-])n1. The Balaban J connectivity index is 1.76. The Labute approximate surface area is 164 Å². The normalized spacial score (nSPS) is 10.8. The van der Waals surface area contributed by atoms with E-state index in [1.807, 2.05) is 49.4 Å². The van der Waals surface area contributed by atoms with Crippen molar-refractivity contribution in [3.05, 3.63) is 76.9 Å². The van der Waals surface area contributed by atoms with Crippen molar-refractivity contribution < 1.29 is 4.92 Å². The number of benzene rings is 1. The van der Waals surface area contributed by atoms with Crippen molar-refractivity contribution in [1.82, 2.24) is 19.9 Å². The molecule has 138 valence electrons. The zero-order valence-corrected chi connectivity index (χ0v) is 15.6. The van der Waals surface area contributed by atoms with Gasteiger partial charge in [-0.3, -0.25) is 15.1 Å². The fraction of sp³-hybridized carbons (Fsp3) is 0.0526. The Morgan fingerprint density at radius 3 is 2.68 bits per heavy atom. The lowest BCUT2D eigenvalue weighted by Gasteiger charge is -2.09. The summed E-state index contributed by atoms with van der Waals surface area (Å²) in [5, 5.41) is 15.9. The van der Waals surface area contributed by atoms with Crippen LogP contribution in [0.15, 0.2) is 71.0 Å². The molecule has 0 aliphatic carbocycles. The second kappa shape index (κ2) is 7.57. The molecule has 0 saturated heterocycles. The molecule has 0 unspecified atom stereocenters. The molecule has 0 aliphatic rings. The third-order valence-corrected chi connectivity index (χ3v) is 4.95. The van der Waals surface area contributed by atoms with Crippen LogP contribution < -0.4 is 5.32 Å². The molecule has 0 fully saturated rings. The van der Waals surface area contributed by atoms with Crippen molar-refractivity contribution >= 4 is 40.0 Å². The minimum absolute atomic E-state index is 0.0915. The van der Waals surface area contributed by atoms with Crippen molar-refractivity contribution in [2.75, 3.05) is 5.32 Å². The number of anilines is 2. The van der Waals surface area contributed by atoms with Crippen LogP contribution >= 0.6 is 11.8 Å². The first kappa shape index (κ1) is 17.8. The number of nitrogens with zero attached hydrogens (tertiary/aromatic N) is 5. The second-order valence-corrected chi connectivity index (χ2v) is 6.89. The summed E-state index contributed by atoms with van der Waals surface area (Å²) in [6, 6.07) is 14.9. The Morgan fingerprint density at radius 1 is 1.04 bits per heavy atom. The van der Waals surface area contributed by atoms with E-state index in [4.69, 9.17) is 0 Å². The average Bonchev–Trinajstić information content (AvgIpc) is 2.68. The van der Waals surface area contributed by atoms with Crippen LogP contribution in [0.4, 0.5) is 17.3 Å². The van der Waals surface area contributed by atoms with Gasteiger partial charge >= 0.3 is 5.69 Å². The summed E-state index contributed by atoms with van der Waals surface area (Å²) >= 11 is 1.18. The predicted molar refractivity (Wildman–Crippen MR) is 107 cm³/mol. The first-order valence-electron chi connectivity index (χ1n) is 8.33. The molecule has 0 amide bonds. The van der Waals surface area contributed by atoms with Crippen LogP contribution in [0.2, 0.25) is 0 Å². The molecule has 4 aromatic rings. The number of aryl methyl sites for hydroxylation is 1. The van der Waals surface area contributed by atoms with Gasteiger partial charge in [0, 0.05) is 22.2 Å². The number of nitro groups is 1. The van der Waals surface area contributed by atoms with Crippen molar-refractivity contribution in [3.63, 3.8) is 0 Å². The Morgan fingerprint density at radius 2 is 1.86 bits per heavy atom. The molecule has 4 rings (SSSR count). The zero-order chi connectivity index (χ0) is 19.5. The molecule has 1 aromatic carbocycles. The van der Waals surface area contributed by atoms with Crippen molar-refractivity contribution in [2.24, 2.45) is 0 Å². The molecule has 0 spiro atoms. The monoisotopic (exact) mass is 390 g/mol. The highest BCUT2D eigenvalue weighted by molar-refractivity contribution is 7.99. The number of fused-ring (bicyclic) bond motifs is 1. The fourth-order valence-corrected chi connectivity index (χ4v) is 3.68. The second-order valence-electron chi connectivity index (χ2n) is 5.86. The van der Waals surface area contributed by atoms with Crippen LogP contribution in [0.3, 0.4) is 0 Å². The highest BCUT2D eigenvalue weighted by Crippen LogP contribution is 2.39. The number of para-hydroxylation sites is 1. The Bertz CT molecular complexity index is 1180. The first-order chi connectivity index (χ1) is 13.6. The van der Waals surface area contributed by atoms with Gasteiger partial charge in [0.15, 0.2) is 5.03 Å². The van der Waals surface area contributed by atoms with Crippen LogP contribution in [0.1, 0.15) is 5.69 Å². The van der Waals surface area contributed by atoms with Crippen LogP contribution in [0, 0.1) is 17.0 Å². The molecule has 1 N–H and O–H groups in total. The molecular weight excluding hydrogens is 376 g/mol. The number of pyridine rings is 2. The summed E-state index contributed by atoms with van der Waals surface area (Å²) < 4.78 is 0. The number of hydrogen-bond donors (Lipinski definition) is 1. The summed E-state index contributed by atoms with van der Waals surface area (Å²) in [4.78, 5) is 29.0. The molecule has 9 heteroatoms. The number of hydrogen-bond acceptors (Lipinski definition) is 8. The van der Waals surface area contributed by atoms with Gasteiger partial charge in [-0.15, -0.1) is 0 Å². The summed E-state index contributed by atoms with van der Waals surface area (Å²) in [5.41, 5.74) is 1.35. The quantitative estimate of drug-likeness (QED) is 0.301. The smallest absolute Gasteiger partial charge is 0.319 e. The van der Waals surface area contributed by atoms with Gasteiger partial charge < -0.3 is 5.32 Å². The molecule has 0 bridgehead atoms. The van der Waals surface area contributed by atoms with Crippen LogP contribution in [0.25, 0.3) is 10.9 Å². The van der Waals surface area contributed by atoms with E-state index in [-0.39, 0.29) is 16.5 Å². The highest BCUT2D eigenvalue weighted by Gasteiger charge is 2.24. The maximum Gasteiger partial charge on any atom is 0.344 e. The van der Waals surface area contributed by atoms with Crippen LogP contribution in [-0.2, 0) is 0 Å². The maximum absolute atomic E-state index is 11.8. The molecule has 0 saturated carbocycles. The van der Waals surface area contributed by atoms with E-state index in [1.54, 1.807) is 12.3 Å². The Kier molecular flexibility index (Phi) is 4.81. The highest BCUT2D eigenvalue weighted by atomic mass is 32.2. The summed E-state index contributed by atoms with van der Waals surface area (Å²) in [7, 11) is 0. The van der Waals surface area contributed by atoms with E-state index in [2.05, 4.69) is 25.3 Å². The van der Waals surface area contributed by atoms with Crippen LogP contribution in [0.5, 0.6) is 0 Å². The third-order valence-electron chi connectivity index (χ3n) is 3.91. The molecule has 3 heterocycles. The van der Waals surface area contributed by atoms with Crippen molar-refractivity contribution in [2.45, 2.75) is 16.8 Å². The van der Waals surface area contributed by atoms with Gasteiger partial charge in [-0.05, 0) is 31.2 Å². The van der Waals surface area contributed by atoms with E-state index in [0.717, 1.165) is 21.5 Å². The minimum Gasteiger partial charge on any atom is -0.319 e. The lowest BCUT2D eigenvalue weighted by molar-refractivity contribution is -0.387. The van der Waals surface area contributed by atoms with Gasteiger partial charge in [0.25, 0.3) is 0 Å². The lowest BCUT2D eigenvalue weighted by atomic mass is 10.2. The third kappa shape index (κ3) is 3.60. The maximum atomic E-state index is 11.8. The molecule has 28 heavy (non-hydrogen) atoms. The number of nitrogens with one attached hydrogen (secondary N) is 1.